The highest BCUT2D eigenvalue weighted by molar-refractivity contribution is 9.10. The third kappa shape index (κ3) is 3.61. The van der Waals surface area contributed by atoms with Crippen molar-refractivity contribution in [1.29, 1.82) is 0 Å². The van der Waals surface area contributed by atoms with E-state index in [1.54, 1.807) is 0 Å². The van der Waals surface area contributed by atoms with Crippen molar-refractivity contribution in [3.63, 3.8) is 0 Å². The predicted octanol–water partition coefficient (Wildman–Crippen LogP) is 1.54. The molecule has 1 fully saturated rings. The Morgan fingerprint density at radius 3 is 2.84 bits per heavy atom. The molecule has 1 aliphatic heterocycles. The number of amides is 1. The van der Waals surface area contributed by atoms with Crippen molar-refractivity contribution in [2.24, 2.45) is 5.92 Å². The zero-order valence-electron chi connectivity index (χ0n) is 9.38. The van der Waals surface area contributed by atoms with Crippen molar-refractivity contribution >= 4 is 49.5 Å². The Hall–Kier alpha value is -0.800. The molecule has 0 aliphatic carbocycles. The van der Waals surface area contributed by atoms with E-state index in [9.17, 15) is 17.1 Å². The summed E-state index contributed by atoms with van der Waals surface area (Å²) in [5.41, 5.74) is 0. The number of hydrogen-bond acceptors (Lipinski definition) is 5. The Kier molecular flexibility index (Phi) is 4.07. The van der Waals surface area contributed by atoms with Gasteiger partial charge < -0.3 is 0 Å². The number of carbonyl (C=O) groups excluding carboxylic acids is 1. The van der Waals surface area contributed by atoms with E-state index in [1.807, 2.05) is 0 Å². The molecule has 0 radical (unpaired) electrons. The second-order valence-electron chi connectivity index (χ2n) is 4.09. The molecule has 1 aliphatic rings. The lowest BCUT2D eigenvalue weighted by Crippen LogP contribution is -2.26. The average Bonchev–Trinajstić information content (AvgIpc) is 2.61. The van der Waals surface area contributed by atoms with Crippen LogP contribution in [-0.2, 0) is 15.0 Å². The summed E-state index contributed by atoms with van der Waals surface area (Å²) in [5.74, 6) is -1.38. The molecule has 19 heavy (non-hydrogen) atoms. The minimum absolute atomic E-state index is 0.0431. The monoisotopic (exact) mass is 371 g/mol. The third-order valence-electron chi connectivity index (χ3n) is 2.59. The zero-order valence-corrected chi connectivity index (χ0v) is 12.5. The van der Waals surface area contributed by atoms with E-state index < -0.39 is 21.9 Å². The summed E-state index contributed by atoms with van der Waals surface area (Å²) >= 11 is 8.84. The first-order chi connectivity index (χ1) is 8.76. The first-order valence-electron chi connectivity index (χ1n) is 5.17. The van der Waals surface area contributed by atoms with Gasteiger partial charge in [0, 0.05) is 18.9 Å². The van der Waals surface area contributed by atoms with Crippen LogP contribution in [0.4, 0.5) is 9.70 Å². The smallest absolute Gasteiger partial charge is 0.295 e. The quantitative estimate of drug-likeness (QED) is 0.752. The highest BCUT2D eigenvalue weighted by Gasteiger charge is 2.34. The largest absolute Gasteiger partial charge is 0.302 e. The van der Waals surface area contributed by atoms with Crippen LogP contribution in [0.3, 0.4) is 0 Å². The van der Waals surface area contributed by atoms with Crippen LogP contribution in [0, 0.1) is 5.92 Å². The van der Waals surface area contributed by atoms with Gasteiger partial charge in [-0.2, -0.15) is 8.42 Å². The van der Waals surface area contributed by atoms with Crippen LogP contribution in [0.15, 0.2) is 10.8 Å². The standard InChI is InChI=1S/C9H8BrClFN3O3S/c10-8-9(11)14-6(2-13-8)15-3-5(1-7(15)16)4-19(12,17)18/h2,5H,1,3-4H2. The molecule has 0 N–H and O–H groups in total. The van der Waals surface area contributed by atoms with E-state index in [0.717, 1.165) is 0 Å². The van der Waals surface area contributed by atoms with Crippen molar-refractivity contribution in [2.45, 2.75) is 6.42 Å². The van der Waals surface area contributed by atoms with Crippen molar-refractivity contribution in [3.05, 3.63) is 16.0 Å². The normalized spacial score (nSPS) is 20.1. The minimum atomic E-state index is -4.60. The first-order valence-corrected chi connectivity index (χ1v) is 7.89. The van der Waals surface area contributed by atoms with Crippen LogP contribution in [0.25, 0.3) is 0 Å². The highest BCUT2D eigenvalue weighted by Crippen LogP contribution is 2.27. The molecule has 1 aromatic heterocycles. The van der Waals surface area contributed by atoms with Crippen LogP contribution >= 0.6 is 27.5 Å². The molecule has 10 heteroatoms. The first kappa shape index (κ1) is 14.6. The Bertz CT molecular complexity index is 627. The number of halogens is 3. The number of aromatic nitrogens is 2. The number of nitrogens with zero attached hydrogens (tertiary/aromatic N) is 3. The van der Waals surface area contributed by atoms with E-state index in [0.29, 0.717) is 4.60 Å². The van der Waals surface area contributed by atoms with Gasteiger partial charge in [-0.05, 0) is 15.9 Å². The Morgan fingerprint density at radius 2 is 2.26 bits per heavy atom. The van der Waals surface area contributed by atoms with Crippen LogP contribution in [0.1, 0.15) is 6.42 Å². The maximum absolute atomic E-state index is 12.6. The van der Waals surface area contributed by atoms with E-state index in [1.165, 1.54) is 11.1 Å². The van der Waals surface area contributed by atoms with Gasteiger partial charge in [-0.1, -0.05) is 11.6 Å². The molecule has 104 valence electrons. The van der Waals surface area contributed by atoms with Crippen molar-refractivity contribution in [2.75, 3.05) is 17.2 Å². The second-order valence-corrected chi connectivity index (χ2v) is 6.61. The maximum atomic E-state index is 12.6. The van der Waals surface area contributed by atoms with Crippen molar-refractivity contribution < 1.29 is 17.1 Å². The molecular weight excluding hydrogens is 365 g/mol. The number of rotatable bonds is 3. The summed E-state index contributed by atoms with van der Waals surface area (Å²) < 4.78 is 34.1. The maximum Gasteiger partial charge on any atom is 0.302 e. The average molecular weight is 373 g/mol. The lowest BCUT2D eigenvalue weighted by molar-refractivity contribution is -0.117. The summed E-state index contributed by atoms with van der Waals surface area (Å²) in [6.45, 7) is 0.0780. The topological polar surface area (TPSA) is 80.2 Å². The summed E-state index contributed by atoms with van der Waals surface area (Å²) in [7, 11) is -4.60. The SMILES string of the molecule is O=C1CC(CS(=O)(=O)F)CN1c1cnc(Br)c(Cl)n1. The van der Waals surface area contributed by atoms with Crippen molar-refractivity contribution in [1.82, 2.24) is 9.97 Å². The molecule has 6 nitrogen and oxygen atoms in total. The summed E-state index contributed by atoms with van der Waals surface area (Å²) in [6, 6.07) is 0. The van der Waals surface area contributed by atoms with Gasteiger partial charge in [-0.15, -0.1) is 3.89 Å². The molecule has 1 amide bonds. The molecule has 0 bridgehead atoms. The Labute approximate surface area is 122 Å². The van der Waals surface area contributed by atoms with Gasteiger partial charge in [0.25, 0.3) is 0 Å². The van der Waals surface area contributed by atoms with E-state index in [-0.39, 0.29) is 29.8 Å². The predicted molar refractivity (Wildman–Crippen MR) is 70.1 cm³/mol. The molecular formula is C9H8BrClFN3O3S. The molecule has 0 spiro atoms. The third-order valence-corrected chi connectivity index (χ3v) is 4.53. The van der Waals surface area contributed by atoms with Gasteiger partial charge in [-0.3, -0.25) is 9.69 Å². The van der Waals surface area contributed by atoms with Crippen LogP contribution in [0.2, 0.25) is 5.15 Å². The molecule has 1 saturated heterocycles. The molecule has 2 heterocycles. The van der Waals surface area contributed by atoms with Crippen LogP contribution in [0.5, 0.6) is 0 Å². The van der Waals surface area contributed by atoms with Crippen molar-refractivity contribution in [3.8, 4) is 0 Å². The number of anilines is 1. The Morgan fingerprint density at radius 1 is 1.58 bits per heavy atom. The summed E-state index contributed by atoms with van der Waals surface area (Å²) in [5, 5.41) is 0.0897. The molecule has 1 unspecified atom stereocenters. The summed E-state index contributed by atoms with van der Waals surface area (Å²) in [4.78, 5) is 20.9. The van der Waals surface area contributed by atoms with Crippen LogP contribution < -0.4 is 4.90 Å². The van der Waals surface area contributed by atoms with Gasteiger partial charge in [-0.25, -0.2) is 9.97 Å². The molecule has 2 rings (SSSR count). The molecule has 0 saturated carbocycles. The minimum Gasteiger partial charge on any atom is -0.295 e. The van der Waals surface area contributed by atoms with E-state index in [4.69, 9.17) is 11.6 Å². The fourth-order valence-corrected chi connectivity index (χ4v) is 2.98. The number of hydrogen-bond donors (Lipinski definition) is 0. The second kappa shape index (κ2) is 5.29. The molecule has 1 aromatic rings. The zero-order chi connectivity index (χ0) is 14.2. The van der Waals surface area contributed by atoms with E-state index in [2.05, 4.69) is 25.9 Å². The lowest BCUT2D eigenvalue weighted by atomic mass is 10.1. The fraction of sp³-hybridized carbons (Fsp3) is 0.444. The molecule has 1 atom stereocenters. The van der Waals surface area contributed by atoms with Gasteiger partial charge in [0.05, 0.1) is 11.9 Å². The molecule has 0 aromatic carbocycles. The van der Waals surface area contributed by atoms with Gasteiger partial charge in [0.15, 0.2) is 11.0 Å². The van der Waals surface area contributed by atoms with E-state index >= 15 is 0 Å². The fourth-order valence-electron chi connectivity index (χ4n) is 1.87. The van der Waals surface area contributed by atoms with Gasteiger partial charge >= 0.3 is 10.2 Å². The Balaban J connectivity index is 2.18. The van der Waals surface area contributed by atoms with Gasteiger partial charge in [0.1, 0.15) is 4.60 Å². The van der Waals surface area contributed by atoms with Crippen LogP contribution in [-0.4, -0.2) is 36.6 Å². The highest BCUT2D eigenvalue weighted by atomic mass is 79.9. The summed E-state index contributed by atoms with van der Waals surface area (Å²) in [6.07, 6.45) is 1.29. The lowest BCUT2D eigenvalue weighted by Gasteiger charge is -2.15. The van der Waals surface area contributed by atoms with Gasteiger partial charge in [0.2, 0.25) is 5.91 Å². The number of carbonyl (C=O) groups is 1.